The molecule has 2 amide bonds. The highest BCUT2D eigenvalue weighted by Gasteiger charge is 2.19. The van der Waals surface area contributed by atoms with Crippen LogP contribution >= 0.6 is 0 Å². The fourth-order valence-corrected chi connectivity index (χ4v) is 3.48. The normalized spacial score (nSPS) is 11.1. The Morgan fingerprint density at radius 1 is 0.968 bits per heavy atom. The van der Waals surface area contributed by atoms with Crippen LogP contribution in [0.1, 0.15) is 30.1 Å². The van der Waals surface area contributed by atoms with E-state index < -0.39 is 21.8 Å². The molecule has 9 nitrogen and oxygen atoms in total. The number of rotatable bonds is 10. The van der Waals surface area contributed by atoms with Crippen molar-refractivity contribution in [2.75, 3.05) is 27.3 Å². The first kappa shape index (κ1) is 24.2. The molecule has 0 spiro atoms. The summed E-state index contributed by atoms with van der Waals surface area (Å²) in [5, 5.41) is 0. The molecule has 0 aliphatic carbocycles. The molecule has 0 radical (unpaired) electrons. The number of benzene rings is 2. The molecule has 0 heterocycles. The lowest BCUT2D eigenvalue weighted by Crippen LogP contribution is -2.41. The zero-order valence-electron chi connectivity index (χ0n) is 17.8. The lowest BCUT2D eigenvalue weighted by molar-refractivity contribution is -0.122. The average molecular weight is 450 g/mol. The topological polar surface area (TPSA) is 114 Å². The number of sulfonamides is 1. The maximum Gasteiger partial charge on any atom is 0.269 e. The third kappa shape index (κ3) is 6.97. The number of hydrazine groups is 1. The van der Waals surface area contributed by atoms with Crippen LogP contribution in [-0.4, -0.2) is 51.8 Å². The molecule has 0 aliphatic heterocycles. The summed E-state index contributed by atoms with van der Waals surface area (Å²) in [5.74, 6) is 0.226. The Balaban J connectivity index is 1.80. The Labute approximate surface area is 182 Å². The Kier molecular flexibility index (Phi) is 8.83. The Bertz CT molecular complexity index is 1010. The second-order valence-electron chi connectivity index (χ2n) is 6.65. The van der Waals surface area contributed by atoms with E-state index in [1.165, 1.54) is 38.4 Å². The van der Waals surface area contributed by atoms with Gasteiger partial charge in [0.15, 0.2) is 11.5 Å². The van der Waals surface area contributed by atoms with Gasteiger partial charge in [-0.3, -0.25) is 20.4 Å². The van der Waals surface area contributed by atoms with Crippen LogP contribution in [0.5, 0.6) is 11.5 Å². The van der Waals surface area contributed by atoms with Crippen molar-refractivity contribution in [2.24, 2.45) is 0 Å². The number of carbonyl (C=O) groups excluding carboxylic acids is 2. The van der Waals surface area contributed by atoms with E-state index in [1.807, 2.05) is 19.1 Å². The monoisotopic (exact) mass is 449 g/mol. The van der Waals surface area contributed by atoms with Crippen LogP contribution in [0.25, 0.3) is 0 Å². The van der Waals surface area contributed by atoms with E-state index in [1.54, 1.807) is 12.1 Å². The van der Waals surface area contributed by atoms with E-state index in [9.17, 15) is 18.0 Å². The van der Waals surface area contributed by atoms with Crippen molar-refractivity contribution >= 4 is 21.8 Å². The summed E-state index contributed by atoms with van der Waals surface area (Å²) in [5.41, 5.74) is 4.71. The maximum absolute atomic E-state index is 12.2. The summed E-state index contributed by atoms with van der Waals surface area (Å²) in [4.78, 5) is 24.2. The Hall–Kier alpha value is -3.11. The first-order valence-electron chi connectivity index (χ1n) is 9.72. The molecular formula is C21H27N3O6S. The predicted octanol–water partition coefficient (Wildman–Crippen LogP) is 1.96. The van der Waals surface area contributed by atoms with Crippen LogP contribution in [0, 0.1) is 0 Å². The zero-order chi connectivity index (χ0) is 22.9. The molecule has 0 fully saturated rings. The van der Waals surface area contributed by atoms with E-state index >= 15 is 0 Å². The molecular weight excluding hydrogens is 422 g/mol. The van der Waals surface area contributed by atoms with Crippen LogP contribution in [-0.2, 0) is 14.8 Å². The smallest absolute Gasteiger partial charge is 0.269 e. The highest BCUT2D eigenvalue weighted by Crippen LogP contribution is 2.26. The van der Waals surface area contributed by atoms with Crippen molar-refractivity contribution in [2.45, 2.75) is 24.7 Å². The van der Waals surface area contributed by atoms with E-state index in [0.29, 0.717) is 31.1 Å². The van der Waals surface area contributed by atoms with Gasteiger partial charge >= 0.3 is 0 Å². The van der Waals surface area contributed by atoms with Gasteiger partial charge in [0.25, 0.3) is 5.91 Å². The van der Waals surface area contributed by atoms with E-state index in [4.69, 9.17) is 9.47 Å². The first-order chi connectivity index (χ1) is 14.8. The number of hydrogen-bond donors (Lipinski definition) is 2. The molecule has 0 bridgehead atoms. The number of hydrogen-bond acceptors (Lipinski definition) is 6. The number of carbonyl (C=O) groups is 2. The minimum absolute atomic E-state index is 0.0130. The predicted molar refractivity (Wildman–Crippen MR) is 115 cm³/mol. The van der Waals surface area contributed by atoms with E-state index in [-0.39, 0.29) is 16.9 Å². The maximum atomic E-state index is 12.2. The van der Waals surface area contributed by atoms with Gasteiger partial charge in [-0.25, -0.2) is 12.7 Å². The number of nitrogens with one attached hydrogen (secondary N) is 2. The van der Waals surface area contributed by atoms with Crippen LogP contribution in [0.2, 0.25) is 0 Å². The Morgan fingerprint density at radius 2 is 1.65 bits per heavy atom. The molecule has 0 aliphatic rings. The van der Waals surface area contributed by atoms with Gasteiger partial charge in [-0.05, 0) is 43.7 Å². The molecule has 0 saturated carbocycles. The molecule has 0 saturated heterocycles. The number of nitrogens with zero attached hydrogens (tertiary/aromatic N) is 1. The largest absolute Gasteiger partial charge is 0.490 e. The van der Waals surface area contributed by atoms with Gasteiger partial charge in [0.05, 0.1) is 18.1 Å². The lowest BCUT2D eigenvalue weighted by atomic mass is 10.2. The van der Waals surface area contributed by atoms with Crippen molar-refractivity contribution < 1.29 is 27.5 Å². The standard InChI is InChI=1S/C21H27N3O6S/c1-4-29-18-11-5-6-12-19(18)30-14-8-13-20(25)22-23-21(26)16-9-7-10-17(15-16)31(27,28)24(2)3/h5-7,9-12,15H,4,8,13-14H2,1-3H3,(H,22,25)(H,23,26). The summed E-state index contributed by atoms with van der Waals surface area (Å²) in [6, 6.07) is 12.8. The van der Waals surface area contributed by atoms with Gasteiger partial charge in [-0.1, -0.05) is 18.2 Å². The first-order valence-corrected chi connectivity index (χ1v) is 11.2. The lowest BCUT2D eigenvalue weighted by Gasteiger charge is -2.13. The summed E-state index contributed by atoms with van der Waals surface area (Å²) in [6.07, 6.45) is 0.560. The molecule has 2 rings (SSSR count). The van der Waals surface area contributed by atoms with Gasteiger partial charge in [0.1, 0.15) is 0 Å². The van der Waals surface area contributed by atoms with Crippen molar-refractivity contribution in [1.29, 1.82) is 0 Å². The van der Waals surface area contributed by atoms with Crippen LogP contribution < -0.4 is 20.3 Å². The Morgan fingerprint density at radius 3 is 2.29 bits per heavy atom. The van der Waals surface area contributed by atoms with Crippen molar-refractivity contribution in [3.63, 3.8) is 0 Å². The van der Waals surface area contributed by atoms with Crippen LogP contribution in [0.15, 0.2) is 53.4 Å². The van der Waals surface area contributed by atoms with Crippen LogP contribution in [0.3, 0.4) is 0 Å². The third-order valence-electron chi connectivity index (χ3n) is 4.14. The molecule has 0 aromatic heterocycles. The quantitative estimate of drug-likeness (QED) is 0.423. The molecule has 0 unspecified atom stereocenters. The number of para-hydroxylation sites is 2. The van der Waals surface area contributed by atoms with Crippen LogP contribution in [0.4, 0.5) is 0 Å². The molecule has 10 heteroatoms. The van der Waals surface area contributed by atoms with Gasteiger partial charge in [0.2, 0.25) is 15.9 Å². The molecule has 168 valence electrons. The van der Waals surface area contributed by atoms with Gasteiger partial charge in [-0.2, -0.15) is 0 Å². The average Bonchev–Trinajstić information content (AvgIpc) is 2.76. The minimum atomic E-state index is -3.67. The van der Waals surface area contributed by atoms with Gasteiger partial charge < -0.3 is 9.47 Å². The fraction of sp³-hybridized carbons (Fsp3) is 0.333. The van der Waals surface area contributed by atoms with Crippen molar-refractivity contribution in [3.8, 4) is 11.5 Å². The molecule has 2 aromatic carbocycles. The molecule has 31 heavy (non-hydrogen) atoms. The SMILES string of the molecule is CCOc1ccccc1OCCCC(=O)NNC(=O)c1cccc(S(=O)(=O)N(C)C)c1. The van der Waals surface area contributed by atoms with Crippen molar-refractivity contribution in [1.82, 2.24) is 15.2 Å². The van der Waals surface area contributed by atoms with Gasteiger partial charge in [0, 0.05) is 26.1 Å². The second-order valence-corrected chi connectivity index (χ2v) is 8.80. The summed E-state index contributed by atoms with van der Waals surface area (Å²) >= 11 is 0. The highest BCUT2D eigenvalue weighted by atomic mass is 32.2. The summed E-state index contributed by atoms with van der Waals surface area (Å²) in [7, 11) is -0.857. The summed E-state index contributed by atoms with van der Waals surface area (Å²) < 4.78 is 36.5. The minimum Gasteiger partial charge on any atom is -0.490 e. The molecule has 2 N–H and O–H groups in total. The summed E-state index contributed by atoms with van der Waals surface area (Å²) in [6.45, 7) is 2.70. The highest BCUT2D eigenvalue weighted by molar-refractivity contribution is 7.89. The molecule has 2 aromatic rings. The zero-order valence-corrected chi connectivity index (χ0v) is 18.6. The number of ether oxygens (including phenoxy) is 2. The van der Waals surface area contributed by atoms with Gasteiger partial charge in [-0.15, -0.1) is 0 Å². The number of amides is 2. The fourth-order valence-electron chi connectivity index (χ4n) is 2.53. The van der Waals surface area contributed by atoms with E-state index in [2.05, 4.69) is 10.9 Å². The molecule has 0 atom stereocenters. The van der Waals surface area contributed by atoms with E-state index in [0.717, 1.165) is 4.31 Å². The third-order valence-corrected chi connectivity index (χ3v) is 5.96. The van der Waals surface area contributed by atoms with Crippen molar-refractivity contribution in [3.05, 3.63) is 54.1 Å². The second kappa shape index (κ2) is 11.3.